The average molecular weight is 292 g/mol. The molecular formula is C17H28N2O2. The predicted octanol–water partition coefficient (Wildman–Crippen LogP) is 2.99. The van der Waals surface area contributed by atoms with Crippen LogP contribution in [-0.4, -0.2) is 24.8 Å². The van der Waals surface area contributed by atoms with Crippen molar-refractivity contribution >= 4 is 6.09 Å². The van der Waals surface area contributed by atoms with Gasteiger partial charge in [-0.1, -0.05) is 38.1 Å². The molecular weight excluding hydrogens is 264 g/mol. The Balaban J connectivity index is 2.78. The zero-order valence-corrected chi connectivity index (χ0v) is 13.8. The predicted molar refractivity (Wildman–Crippen MR) is 86.5 cm³/mol. The van der Waals surface area contributed by atoms with Gasteiger partial charge < -0.3 is 15.8 Å². The van der Waals surface area contributed by atoms with Gasteiger partial charge in [0, 0.05) is 18.5 Å². The van der Waals surface area contributed by atoms with Crippen LogP contribution in [0.4, 0.5) is 4.79 Å². The summed E-state index contributed by atoms with van der Waals surface area (Å²) in [6, 6.07) is 8.35. The van der Waals surface area contributed by atoms with E-state index in [1.807, 2.05) is 26.8 Å². The number of alkyl carbamates (subject to hydrolysis) is 1. The van der Waals surface area contributed by atoms with Gasteiger partial charge in [-0.05, 0) is 38.3 Å². The van der Waals surface area contributed by atoms with Gasteiger partial charge in [0.15, 0.2) is 0 Å². The lowest BCUT2D eigenvalue weighted by atomic mass is 9.81. The van der Waals surface area contributed by atoms with Crippen molar-refractivity contribution in [2.45, 2.75) is 52.1 Å². The van der Waals surface area contributed by atoms with Gasteiger partial charge >= 0.3 is 6.09 Å². The maximum atomic E-state index is 11.8. The Morgan fingerprint density at radius 3 is 2.48 bits per heavy atom. The fourth-order valence-corrected chi connectivity index (χ4v) is 2.04. The van der Waals surface area contributed by atoms with Crippen LogP contribution in [0.3, 0.4) is 0 Å². The number of nitrogens with one attached hydrogen (secondary N) is 1. The van der Waals surface area contributed by atoms with Crippen LogP contribution in [0.15, 0.2) is 24.3 Å². The summed E-state index contributed by atoms with van der Waals surface area (Å²) >= 11 is 0. The van der Waals surface area contributed by atoms with E-state index in [0.29, 0.717) is 13.1 Å². The molecule has 0 bridgehead atoms. The van der Waals surface area contributed by atoms with Crippen molar-refractivity contribution in [2.75, 3.05) is 13.1 Å². The number of benzene rings is 1. The minimum atomic E-state index is -0.495. The van der Waals surface area contributed by atoms with E-state index in [1.54, 1.807) is 0 Å². The van der Waals surface area contributed by atoms with Gasteiger partial charge in [0.2, 0.25) is 0 Å². The Labute approximate surface area is 128 Å². The molecule has 21 heavy (non-hydrogen) atoms. The molecule has 0 saturated carbocycles. The summed E-state index contributed by atoms with van der Waals surface area (Å²) in [7, 11) is 0. The molecule has 0 saturated heterocycles. The van der Waals surface area contributed by atoms with Gasteiger partial charge in [0.1, 0.15) is 5.60 Å². The van der Waals surface area contributed by atoms with Crippen molar-refractivity contribution in [1.29, 1.82) is 0 Å². The summed E-state index contributed by atoms with van der Waals surface area (Å²) in [5.74, 6) is 0. The SMILES string of the molecule is CCc1cccc(C(C)(CN)CNC(=O)OC(C)(C)C)c1. The van der Waals surface area contributed by atoms with Gasteiger partial charge in [-0.2, -0.15) is 0 Å². The van der Waals surface area contributed by atoms with Gasteiger partial charge in [0.05, 0.1) is 0 Å². The highest BCUT2D eigenvalue weighted by Gasteiger charge is 2.27. The summed E-state index contributed by atoms with van der Waals surface area (Å²) in [6.45, 7) is 10.6. The zero-order chi connectivity index (χ0) is 16.1. The van der Waals surface area contributed by atoms with E-state index in [9.17, 15) is 4.79 Å². The second-order valence-corrected chi connectivity index (χ2v) is 6.67. The van der Waals surface area contributed by atoms with Crippen molar-refractivity contribution in [3.05, 3.63) is 35.4 Å². The largest absolute Gasteiger partial charge is 0.444 e. The first kappa shape index (κ1) is 17.5. The zero-order valence-electron chi connectivity index (χ0n) is 13.8. The van der Waals surface area contributed by atoms with E-state index >= 15 is 0 Å². The lowest BCUT2D eigenvalue weighted by molar-refractivity contribution is 0.0516. The quantitative estimate of drug-likeness (QED) is 0.877. The number of amides is 1. The number of hydrogen-bond donors (Lipinski definition) is 2. The number of nitrogens with two attached hydrogens (primary N) is 1. The molecule has 0 heterocycles. The molecule has 4 nitrogen and oxygen atoms in total. The third-order valence-corrected chi connectivity index (χ3v) is 3.50. The molecule has 1 amide bonds. The minimum Gasteiger partial charge on any atom is -0.444 e. The maximum absolute atomic E-state index is 11.8. The van der Waals surface area contributed by atoms with E-state index in [2.05, 4.69) is 37.4 Å². The van der Waals surface area contributed by atoms with Crippen LogP contribution in [0, 0.1) is 0 Å². The molecule has 0 fully saturated rings. The van der Waals surface area contributed by atoms with Crippen molar-refractivity contribution in [3.63, 3.8) is 0 Å². The minimum absolute atomic E-state index is 0.303. The van der Waals surface area contributed by atoms with E-state index in [0.717, 1.165) is 12.0 Å². The number of ether oxygens (including phenoxy) is 1. The Hall–Kier alpha value is -1.55. The van der Waals surface area contributed by atoms with Gasteiger partial charge in [0.25, 0.3) is 0 Å². The lowest BCUT2D eigenvalue weighted by Gasteiger charge is -2.30. The van der Waals surface area contributed by atoms with Gasteiger partial charge in [-0.25, -0.2) is 4.79 Å². The fourth-order valence-electron chi connectivity index (χ4n) is 2.04. The molecule has 0 aliphatic rings. The van der Waals surface area contributed by atoms with E-state index < -0.39 is 11.7 Å². The fraction of sp³-hybridized carbons (Fsp3) is 0.588. The highest BCUT2D eigenvalue weighted by Crippen LogP contribution is 2.23. The molecule has 0 radical (unpaired) electrons. The number of carbonyl (C=O) groups is 1. The third-order valence-electron chi connectivity index (χ3n) is 3.50. The molecule has 1 aromatic rings. The smallest absolute Gasteiger partial charge is 0.407 e. The van der Waals surface area contributed by atoms with Crippen molar-refractivity contribution in [3.8, 4) is 0 Å². The van der Waals surface area contributed by atoms with Crippen molar-refractivity contribution in [2.24, 2.45) is 5.73 Å². The molecule has 0 spiro atoms. The summed E-state index contributed by atoms with van der Waals surface area (Å²) in [5, 5.41) is 2.83. The summed E-state index contributed by atoms with van der Waals surface area (Å²) < 4.78 is 5.27. The summed E-state index contributed by atoms with van der Waals surface area (Å²) in [6.07, 6.45) is 0.572. The Kier molecular flexibility index (Phi) is 5.78. The summed E-state index contributed by atoms with van der Waals surface area (Å²) in [5.41, 5.74) is 7.56. The Bertz CT molecular complexity index is 480. The molecule has 3 N–H and O–H groups in total. The number of hydrogen-bond acceptors (Lipinski definition) is 3. The van der Waals surface area contributed by atoms with Crippen molar-refractivity contribution < 1.29 is 9.53 Å². The Morgan fingerprint density at radius 1 is 1.29 bits per heavy atom. The Morgan fingerprint density at radius 2 is 1.95 bits per heavy atom. The molecule has 118 valence electrons. The number of aryl methyl sites for hydroxylation is 1. The molecule has 1 aromatic carbocycles. The van der Waals surface area contributed by atoms with E-state index in [4.69, 9.17) is 10.5 Å². The second-order valence-electron chi connectivity index (χ2n) is 6.67. The van der Waals surface area contributed by atoms with Crippen LogP contribution >= 0.6 is 0 Å². The summed E-state index contributed by atoms with van der Waals surface area (Å²) in [4.78, 5) is 11.8. The topological polar surface area (TPSA) is 64.3 Å². The maximum Gasteiger partial charge on any atom is 0.407 e. The molecule has 4 heteroatoms. The van der Waals surface area contributed by atoms with Crippen LogP contribution < -0.4 is 11.1 Å². The monoisotopic (exact) mass is 292 g/mol. The van der Waals surface area contributed by atoms with Gasteiger partial charge in [-0.15, -0.1) is 0 Å². The van der Waals surface area contributed by atoms with Crippen LogP contribution in [0.5, 0.6) is 0 Å². The number of rotatable bonds is 5. The standard InChI is InChI=1S/C17H28N2O2/c1-6-13-8-7-9-14(10-13)17(5,11-18)12-19-15(20)21-16(2,3)4/h7-10H,6,11-12,18H2,1-5H3,(H,19,20). The molecule has 1 rings (SSSR count). The van der Waals surface area contributed by atoms with Crippen LogP contribution in [-0.2, 0) is 16.6 Å². The van der Waals surface area contributed by atoms with Crippen LogP contribution in [0.1, 0.15) is 45.7 Å². The first-order valence-corrected chi connectivity index (χ1v) is 7.46. The van der Waals surface area contributed by atoms with Gasteiger partial charge in [-0.3, -0.25) is 0 Å². The van der Waals surface area contributed by atoms with Crippen LogP contribution in [0.25, 0.3) is 0 Å². The highest BCUT2D eigenvalue weighted by molar-refractivity contribution is 5.67. The number of carbonyl (C=O) groups excluding carboxylic acids is 1. The molecule has 1 unspecified atom stereocenters. The molecule has 0 aromatic heterocycles. The normalized spacial score (nSPS) is 14.4. The second kappa shape index (κ2) is 6.94. The van der Waals surface area contributed by atoms with E-state index in [1.165, 1.54) is 5.56 Å². The van der Waals surface area contributed by atoms with Crippen molar-refractivity contribution in [1.82, 2.24) is 5.32 Å². The molecule has 0 aliphatic carbocycles. The van der Waals surface area contributed by atoms with Crippen LogP contribution in [0.2, 0.25) is 0 Å². The highest BCUT2D eigenvalue weighted by atomic mass is 16.6. The molecule has 1 atom stereocenters. The molecule has 0 aliphatic heterocycles. The first-order valence-electron chi connectivity index (χ1n) is 7.46. The van der Waals surface area contributed by atoms with E-state index in [-0.39, 0.29) is 5.41 Å². The first-order chi connectivity index (χ1) is 9.70. The lowest BCUT2D eigenvalue weighted by Crippen LogP contribution is -2.45. The third kappa shape index (κ3) is 5.38. The average Bonchev–Trinajstić information content (AvgIpc) is 2.43.